The fourth-order valence-corrected chi connectivity index (χ4v) is 2.65. The van der Waals surface area contributed by atoms with Gasteiger partial charge in [0, 0.05) is 21.4 Å². The molecule has 104 valence electrons. The summed E-state index contributed by atoms with van der Waals surface area (Å²) < 4.78 is 5.98. The van der Waals surface area contributed by atoms with Crippen molar-refractivity contribution in [3.63, 3.8) is 0 Å². The van der Waals surface area contributed by atoms with Crippen LogP contribution in [-0.4, -0.2) is 25.5 Å². The largest absolute Gasteiger partial charge is 0.465 e. The molecule has 1 rings (SSSR count). The minimum Gasteiger partial charge on any atom is -0.465 e. The Balaban J connectivity index is 3.18. The first-order valence-corrected chi connectivity index (χ1v) is 7.07. The van der Waals surface area contributed by atoms with E-state index in [-0.39, 0.29) is 23.9 Å². The Morgan fingerprint density at radius 2 is 2.05 bits per heavy atom. The maximum absolute atomic E-state index is 11.9. The van der Waals surface area contributed by atoms with Crippen LogP contribution in [0.2, 0.25) is 0 Å². The first kappa shape index (κ1) is 16.1. The van der Waals surface area contributed by atoms with E-state index in [2.05, 4.69) is 37.2 Å². The first-order chi connectivity index (χ1) is 8.90. The molecule has 1 aromatic rings. The van der Waals surface area contributed by atoms with Crippen molar-refractivity contribution in [3.8, 4) is 0 Å². The van der Waals surface area contributed by atoms with Gasteiger partial charge in [0.15, 0.2) is 0 Å². The topological polar surface area (TPSA) is 81.4 Å². The average Bonchev–Trinajstić information content (AvgIpc) is 2.39. The molecule has 7 heteroatoms. The molecule has 0 aliphatic heterocycles. The molecule has 0 heterocycles. The third kappa shape index (κ3) is 4.02. The Labute approximate surface area is 128 Å². The first-order valence-electron chi connectivity index (χ1n) is 5.49. The van der Waals surface area contributed by atoms with Crippen LogP contribution in [0.1, 0.15) is 17.3 Å². The molecule has 1 aromatic carbocycles. The maximum Gasteiger partial charge on any atom is 0.340 e. The Bertz CT molecular complexity index is 506. The Morgan fingerprint density at radius 1 is 1.42 bits per heavy atom. The van der Waals surface area contributed by atoms with Crippen LogP contribution in [0.4, 0.5) is 5.69 Å². The van der Waals surface area contributed by atoms with Gasteiger partial charge >= 0.3 is 5.97 Å². The van der Waals surface area contributed by atoms with Gasteiger partial charge in [0.05, 0.1) is 18.4 Å². The minimum absolute atomic E-state index is 0.230. The summed E-state index contributed by atoms with van der Waals surface area (Å²) in [6.45, 7) is 1.94. The number of hydrogen-bond acceptors (Lipinski definition) is 4. The molecule has 3 N–H and O–H groups in total. The van der Waals surface area contributed by atoms with Gasteiger partial charge in [-0.05, 0) is 28.1 Å². The predicted molar refractivity (Wildman–Crippen MR) is 80.0 cm³/mol. The summed E-state index contributed by atoms with van der Waals surface area (Å²) in [5, 5.41) is 2.68. The van der Waals surface area contributed by atoms with E-state index in [1.54, 1.807) is 19.1 Å². The molecule has 0 saturated carbocycles. The van der Waals surface area contributed by atoms with E-state index < -0.39 is 5.97 Å². The van der Waals surface area contributed by atoms with Crippen molar-refractivity contribution in [2.24, 2.45) is 11.7 Å². The smallest absolute Gasteiger partial charge is 0.340 e. The van der Waals surface area contributed by atoms with Gasteiger partial charge in [0.25, 0.3) is 0 Å². The van der Waals surface area contributed by atoms with Crippen LogP contribution >= 0.6 is 31.9 Å². The molecule has 19 heavy (non-hydrogen) atoms. The van der Waals surface area contributed by atoms with Gasteiger partial charge in [-0.25, -0.2) is 4.79 Å². The summed E-state index contributed by atoms with van der Waals surface area (Å²) in [5.74, 6) is -1.13. The Hall–Kier alpha value is -0.920. The monoisotopic (exact) mass is 392 g/mol. The number of nitrogens with one attached hydrogen (secondary N) is 1. The van der Waals surface area contributed by atoms with Crippen LogP contribution in [-0.2, 0) is 9.53 Å². The summed E-state index contributed by atoms with van der Waals surface area (Å²) >= 11 is 6.59. The number of rotatable bonds is 4. The van der Waals surface area contributed by atoms with Crippen LogP contribution in [0.25, 0.3) is 0 Å². The lowest BCUT2D eigenvalue weighted by molar-refractivity contribution is -0.119. The highest BCUT2D eigenvalue weighted by atomic mass is 79.9. The number of halogens is 2. The van der Waals surface area contributed by atoms with Crippen molar-refractivity contribution in [3.05, 3.63) is 26.6 Å². The molecular weight excluding hydrogens is 380 g/mol. The molecular formula is C12H14Br2N2O3. The second-order valence-electron chi connectivity index (χ2n) is 3.93. The van der Waals surface area contributed by atoms with Gasteiger partial charge in [-0.2, -0.15) is 0 Å². The molecule has 0 aromatic heterocycles. The maximum atomic E-state index is 11.9. The number of ether oxygens (including phenoxy) is 1. The zero-order valence-corrected chi connectivity index (χ0v) is 13.7. The van der Waals surface area contributed by atoms with Gasteiger partial charge in [-0.3, -0.25) is 4.79 Å². The average molecular weight is 394 g/mol. The van der Waals surface area contributed by atoms with Crippen molar-refractivity contribution in [1.82, 2.24) is 0 Å². The van der Waals surface area contributed by atoms with E-state index in [9.17, 15) is 9.59 Å². The number of esters is 1. The highest BCUT2D eigenvalue weighted by molar-refractivity contribution is 9.11. The second-order valence-corrected chi connectivity index (χ2v) is 5.70. The van der Waals surface area contributed by atoms with Crippen LogP contribution in [0.5, 0.6) is 0 Å². The van der Waals surface area contributed by atoms with Gasteiger partial charge in [0.1, 0.15) is 0 Å². The fraction of sp³-hybridized carbons (Fsp3) is 0.333. The van der Waals surface area contributed by atoms with Crippen molar-refractivity contribution >= 4 is 49.4 Å². The van der Waals surface area contributed by atoms with E-state index in [0.717, 1.165) is 0 Å². The quantitative estimate of drug-likeness (QED) is 0.770. The van der Waals surface area contributed by atoms with Crippen LogP contribution in [0.15, 0.2) is 21.1 Å². The highest BCUT2D eigenvalue weighted by Crippen LogP contribution is 2.31. The molecule has 5 nitrogen and oxygen atoms in total. The summed E-state index contributed by atoms with van der Waals surface area (Å²) in [7, 11) is 1.28. The molecule has 0 aliphatic carbocycles. The normalized spacial score (nSPS) is 11.8. The molecule has 1 unspecified atom stereocenters. The van der Waals surface area contributed by atoms with E-state index in [1.807, 2.05) is 0 Å². The number of carbonyl (C=O) groups is 2. The highest BCUT2D eigenvalue weighted by Gasteiger charge is 2.20. The number of carbonyl (C=O) groups excluding carboxylic acids is 2. The number of amides is 1. The summed E-state index contributed by atoms with van der Waals surface area (Å²) in [6.07, 6.45) is 0. The van der Waals surface area contributed by atoms with Crippen molar-refractivity contribution in [2.75, 3.05) is 19.0 Å². The number of hydrogen-bond donors (Lipinski definition) is 2. The van der Waals surface area contributed by atoms with Crippen molar-refractivity contribution in [1.29, 1.82) is 0 Å². The van der Waals surface area contributed by atoms with Gasteiger partial charge in [-0.1, -0.05) is 22.9 Å². The molecule has 0 saturated heterocycles. The van der Waals surface area contributed by atoms with E-state index in [4.69, 9.17) is 10.5 Å². The standard InChI is InChI=1S/C12H14Br2N2O3/c1-6(5-15)11(17)16-10-8(12(18)19-2)3-7(13)4-9(10)14/h3-4,6H,5,15H2,1-2H3,(H,16,17). The molecule has 1 atom stereocenters. The number of anilines is 1. The summed E-state index contributed by atoms with van der Waals surface area (Å²) in [5.41, 5.74) is 6.08. The van der Waals surface area contributed by atoms with Gasteiger partial charge in [-0.15, -0.1) is 0 Å². The molecule has 0 radical (unpaired) electrons. The van der Waals surface area contributed by atoms with Crippen molar-refractivity contribution < 1.29 is 14.3 Å². The number of nitrogens with two attached hydrogens (primary N) is 1. The Morgan fingerprint density at radius 3 is 2.58 bits per heavy atom. The fourth-order valence-electron chi connectivity index (χ4n) is 1.33. The third-order valence-corrected chi connectivity index (χ3v) is 3.59. The number of benzene rings is 1. The van der Waals surface area contributed by atoms with E-state index in [1.165, 1.54) is 7.11 Å². The molecule has 0 spiro atoms. The predicted octanol–water partition coefficient (Wildman–Crippen LogP) is 2.53. The summed E-state index contributed by atoms with van der Waals surface area (Å²) in [4.78, 5) is 23.6. The third-order valence-electron chi connectivity index (χ3n) is 2.51. The zero-order valence-electron chi connectivity index (χ0n) is 10.5. The van der Waals surface area contributed by atoms with Gasteiger partial charge < -0.3 is 15.8 Å². The van der Waals surface area contributed by atoms with E-state index >= 15 is 0 Å². The van der Waals surface area contributed by atoms with Crippen LogP contribution in [0.3, 0.4) is 0 Å². The lowest BCUT2D eigenvalue weighted by atomic mass is 10.1. The zero-order chi connectivity index (χ0) is 14.6. The van der Waals surface area contributed by atoms with Crippen molar-refractivity contribution in [2.45, 2.75) is 6.92 Å². The van der Waals surface area contributed by atoms with E-state index in [0.29, 0.717) is 14.6 Å². The molecule has 1 amide bonds. The summed E-state index contributed by atoms with van der Waals surface area (Å²) in [6, 6.07) is 3.31. The second kappa shape index (κ2) is 7.02. The van der Waals surface area contributed by atoms with Crippen LogP contribution < -0.4 is 11.1 Å². The lowest BCUT2D eigenvalue weighted by Gasteiger charge is -2.15. The Kier molecular flexibility index (Phi) is 5.96. The minimum atomic E-state index is -0.530. The SMILES string of the molecule is COC(=O)c1cc(Br)cc(Br)c1NC(=O)C(C)CN. The molecule has 0 fully saturated rings. The van der Waals surface area contributed by atoms with Gasteiger partial charge in [0.2, 0.25) is 5.91 Å². The number of methoxy groups -OCH3 is 1. The molecule has 0 bridgehead atoms. The lowest BCUT2D eigenvalue weighted by Crippen LogP contribution is -2.27. The molecule has 0 aliphatic rings. The van der Waals surface area contributed by atoms with Crippen LogP contribution in [0, 0.1) is 5.92 Å².